The summed E-state index contributed by atoms with van der Waals surface area (Å²) in [5.41, 5.74) is 0.944. The lowest BCUT2D eigenvalue weighted by Crippen LogP contribution is -2.60. The van der Waals surface area contributed by atoms with Crippen LogP contribution in [-0.2, 0) is 10.2 Å². The highest BCUT2D eigenvalue weighted by Crippen LogP contribution is 2.39. The quantitative estimate of drug-likeness (QED) is 0.198. The maximum Gasteiger partial charge on any atom is 0.229 e. The summed E-state index contributed by atoms with van der Waals surface area (Å²) in [6.07, 6.45) is -2.53. The third-order valence-corrected chi connectivity index (χ3v) is 6.19. The van der Waals surface area contributed by atoms with Gasteiger partial charge in [0.05, 0.1) is 13.7 Å². The Kier molecular flexibility index (Phi) is 8.55. The predicted octanol–water partition coefficient (Wildman–Crippen LogP) is 1.94. The van der Waals surface area contributed by atoms with Crippen LogP contribution in [0.2, 0.25) is 0 Å². The fourth-order valence-corrected chi connectivity index (χ4v) is 3.77. The second kappa shape index (κ2) is 11.2. The van der Waals surface area contributed by atoms with Crippen LogP contribution in [0.3, 0.4) is 0 Å². The smallest absolute Gasteiger partial charge is 0.229 e. The van der Waals surface area contributed by atoms with Crippen LogP contribution in [-0.4, -0.2) is 75.7 Å². The number of methoxy groups -OCH3 is 1. The molecule has 0 aromatic heterocycles. The summed E-state index contributed by atoms with van der Waals surface area (Å²) in [6.45, 7) is 7.07. The van der Waals surface area contributed by atoms with E-state index < -0.39 is 42.7 Å². The highest BCUT2D eigenvalue weighted by Gasteiger charge is 2.45. The number of rotatable bonds is 9. The molecular formula is C27H32O9. The van der Waals surface area contributed by atoms with Gasteiger partial charge in [-0.25, -0.2) is 0 Å². The molecule has 0 saturated carbocycles. The Bertz CT molecular complexity index is 1100. The number of aliphatic hydroxyl groups excluding tert-OH is 4. The summed E-state index contributed by atoms with van der Waals surface area (Å²) in [5.74, 6) is 0.391. The normalized spacial score (nSPS) is 24.5. The van der Waals surface area contributed by atoms with Crippen molar-refractivity contribution in [1.29, 1.82) is 0 Å². The van der Waals surface area contributed by atoms with E-state index in [0.29, 0.717) is 22.4 Å². The first kappa shape index (κ1) is 27.4. The molecule has 9 nitrogen and oxygen atoms in total. The molecule has 0 bridgehead atoms. The Morgan fingerprint density at radius 2 is 1.75 bits per heavy atom. The Morgan fingerprint density at radius 3 is 2.33 bits per heavy atom. The van der Waals surface area contributed by atoms with Gasteiger partial charge in [-0.1, -0.05) is 19.9 Å². The maximum absolute atomic E-state index is 12.6. The predicted molar refractivity (Wildman–Crippen MR) is 132 cm³/mol. The van der Waals surface area contributed by atoms with Gasteiger partial charge < -0.3 is 39.7 Å². The Labute approximate surface area is 209 Å². The molecule has 5 N–H and O–H groups in total. The van der Waals surface area contributed by atoms with Crippen molar-refractivity contribution in [2.24, 2.45) is 0 Å². The summed E-state index contributed by atoms with van der Waals surface area (Å²) in [7, 11) is 1.45. The molecule has 1 saturated heterocycles. The maximum atomic E-state index is 12.6. The van der Waals surface area contributed by atoms with Crippen molar-refractivity contribution in [2.45, 2.75) is 50.0 Å². The molecule has 2 aromatic rings. The molecule has 1 fully saturated rings. The van der Waals surface area contributed by atoms with Crippen LogP contribution in [0, 0.1) is 0 Å². The number of ether oxygens (including phenoxy) is 3. The molecule has 5 atom stereocenters. The zero-order valence-electron chi connectivity index (χ0n) is 20.4. The van der Waals surface area contributed by atoms with Gasteiger partial charge in [-0.15, -0.1) is 6.58 Å². The Balaban J connectivity index is 1.99. The molecule has 1 aliphatic rings. The van der Waals surface area contributed by atoms with Crippen molar-refractivity contribution >= 4 is 11.9 Å². The highest BCUT2D eigenvalue weighted by atomic mass is 16.7. The number of allylic oxidation sites excluding steroid dienone is 2. The molecule has 0 aliphatic carbocycles. The van der Waals surface area contributed by atoms with Gasteiger partial charge in [0, 0.05) is 28.2 Å². The fourth-order valence-electron chi connectivity index (χ4n) is 3.77. The molecular weight excluding hydrogens is 468 g/mol. The van der Waals surface area contributed by atoms with Crippen molar-refractivity contribution < 1.29 is 44.5 Å². The first-order valence-electron chi connectivity index (χ1n) is 11.4. The monoisotopic (exact) mass is 500 g/mol. The van der Waals surface area contributed by atoms with Crippen LogP contribution in [0.4, 0.5) is 0 Å². The first-order chi connectivity index (χ1) is 17.0. The Hall–Kier alpha value is -3.21. The molecule has 194 valence electrons. The van der Waals surface area contributed by atoms with E-state index in [2.05, 4.69) is 6.58 Å². The number of carbonyl (C=O) groups excluding carboxylic acids is 1. The molecule has 1 aliphatic heterocycles. The molecule has 0 spiro atoms. The number of hydrogen-bond donors (Lipinski definition) is 5. The van der Waals surface area contributed by atoms with Crippen LogP contribution < -0.4 is 9.47 Å². The lowest BCUT2D eigenvalue weighted by molar-refractivity contribution is -0.277. The van der Waals surface area contributed by atoms with Crippen molar-refractivity contribution in [2.75, 3.05) is 13.7 Å². The van der Waals surface area contributed by atoms with Crippen molar-refractivity contribution in [3.8, 4) is 17.2 Å². The fraction of sp³-hybridized carbons (Fsp3) is 0.370. The molecule has 9 heteroatoms. The third-order valence-electron chi connectivity index (χ3n) is 6.19. The summed E-state index contributed by atoms with van der Waals surface area (Å²) >= 11 is 0. The van der Waals surface area contributed by atoms with Crippen molar-refractivity contribution in [3.63, 3.8) is 0 Å². The van der Waals surface area contributed by atoms with E-state index >= 15 is 0 Å². The van der Waals surface area contributed by atoms with Crippen molar-refractivity contribution in [1.82, 2.24) is 0 Å². The number of aromatic hydroxyl groups is 1. The van der Waals surface area contributed by atoms with E-state index in [9.17, 15) is 30.3 Å². The van der Waals surface area contributed by atoms with Gasteiger partial charge in [0.25, 0.3) is 0 Å². The standard InChI is InChI=1S/C27H32O9/c1-5-27(2,3)18-12-16(8-11-19(30)15-6-9-17(29)10-7-15)20(34-4)13-21(18)35-26-25(33)24(32)23(31)22(14-28)36-26/h5-13,22-26,28-29,31-33H,1,14H2,2-4H3/b11-8+/t22-,23-,24+,25-,26-/m1/s1. The molecule has 3 rings (SSSR count). The average Bonchev–Trinajstić information content (AvgIpc) is 2.87. The van der Waals surface area contributed by atoms with Crippen LogP contribution in [0.1, 0.15) is 35.3 Å². The van der Waals surface area contributed by atoms with Crippen LogP contribution in [0.15, 0.2) is 55.1 Å². The number of phenols is 1. The summed E-state index contributed by atoms with van der Waals surface area (Å²) in [6, 6.07) is 9.20. The van der Waals surface area contributed by atoms with Gasteiger partial charge >= 0.3 is 0 Å². The number of ketones is 1. The topological polar surface area (TPSA) is 146 Å². The molecule has 0 radical (unpaired) electrons. The van der Waals surface area contributed by atoms with E-state index in [0.717, 1.165) is 0 Å². The van der Waals surface area contributed by atoms with E-state index in [1.54, 1.807) is 24.3 Å². The molecule has 0 unspecified atom stereocenters. The van der Waals surface area contributed by atoms with Crippen LogP contribution in [0.5, 0.6) is 17.2 Å². The van der Waals surface area contributed by atoms with E-state index in [1.165, 1.54) is 37.5 Å². The lowest BCUT2D eigenvalue weighted by Gasteiger charge is -2.40. The van der Waals surface area contributed by atoms with Gasteiger partial charge in [-0.3, -0.25) is 4.79 Å². The van der Waals surface area contributed by atoms with Gasteiger partial charge in [-0.05, 0) is 42.5 Å². The first-order valence-corrected chi connectivity index (χ1v) is 11.4. The third kappa shape index (κ3) is 5.77. The molecule has 36 heavy (non-hydrogen) atoms. The van der Waals surface area contributed by atoms with Gasteiger partial charge in [0.15, 0.2) is 5.78 Å². The molecule has 2 aromatic carbocycles. The number of aliphatic hydroxyl groups is 4. The minimum atomic E-state index is -1.59. The summed E-state index contributed by atoms with van der Waals surface area (Å²) in [5, 5.41) is 49.5. The lowest BCUT2D eigenvalue weighted by atomic mass is 9.83. The van der Waals surface area contributed by atoms with E-state index in [1.807, 2.05) is 13.8 Å². The second-order valence-electron chi connectivity index (χ2n) is 9.08. The van der Waals surface area contributed by atoms with Gasteiger partial charge in [0.1, 0.15) is 41.7 Å². The van der Waals surface area contributed by atoms with E-state index in [-0.39, 0.29) is 17.3 Å². The number of benzene rings is 2. The van der Waals surface area contributed by atoms with E-state index in [4.69, 9.17) is 14.2 Å². The number of carbonyl (C=O) groups is 1. The summed E-state index contributed by atoms with van der Waals surface area (Å²) in [4.78, 5) is 12.6. The highest BCUT2D eigenvalue weighted by molar-refractivity contribution is 6.07. The second-order valence-corrected chi connectivity index (χ2v) is 9.08. The summed E-state index contributed by atoms with van der Waals surface area (Å²) < 4.78 is 16.9. The van der Waals surface area contributed by atoms with Crippen LogP contribution in [0.25, 0.3) is 6.08 Å². The average molecular weight is 501 g/mol. The Morgan fingerprint density at radius 1 is 1.08 bits per heavy atom. The van der Waals surface area contributed by atoms with Crippen molar-refractivity contribution in [3.05, 3.63) is 71.8 Å². The molecule has 0 amide bonds. The zero-order valence-corrected chi connectivity index (χ0v) is 20.4. The SMILES string of the molecule is C=CC(C)(C)c1cc(/C=C/C(=O)c2ccc(O)cc2)c(OC)cc1O[C@@H]1O[C@H](CO)[C@@H](O)[C@H](O)[C@H]1O. The minimum Gasteiger partial charge on any atom is -0.508 e. The minimum absolute atomic E-state index is 0.0588. The molecule has 1 heterocycles. The zero-order chi connectivity index (χ0) is 26.6. The van der Waals surface area contributed by atoms with Gasteiger partial charge in [0.2, 0.25) is 6.29 Å². The van der Waals surface area contributed by atoms with Crippen LogP contribution >= 0.6 is 0 Å². The number of phenolic OH excluding ortho intramolecular Hbond substituents is 1. The van der Waals surface area contributed by atoms with Gasteiger partial charge in [-0.2, -0.15) is 0 Å². The largest absolute Gasteiger partial charge is 0.508 e. The number of hydrogen-bond acceptors (Lipinski definition) is 9.